The second kappa shape index (κ2) is 13.5. The number of carbonyl (C=O) groups is 2. The Morgan fingerprint density at radius 3 is 2.43 bits per heavy atom. The molecule has 0 radical (unpaired) electrons. The summed E-state index contributed by atoms with van der Waals surface area (Å²) in [6.07, 6.45) is 0. The Hall–Kier alpha value is -5.07. The number of nitrogen functional groups attached to an aromatic ring is 1. The zero-order valence-electron chi connectivity index (χ0n) is 21.5. The van der Waals surface area contributed by atoms with E-state index in [1.807, 2.05) is 6.07 Å². The number of para-hydroxylation sites is 1. The predicted octanol–water partition coefficient (Wildman–Crippen LogP) is 4.08. The first-order valence-corrected chi connectivity index (χ1v) is 13.9. The first-order valence-electron chi connectivity index (χ1n) is 11.2. The monoisotopic (exact) mass is 637 g/mol. The number of rotatable bonds is 8. The van der Waals surface area contributed by atoms with Crippen molar-refractivity contribution in [1.29, 1.82) is 0 Å². The molecule has 2 aromatic heterocycles. The fourth-order valence-electron chi connectivity index (χ4n) is 2.99. The van der Waals surface area contributed by atoms with E-state index in [0.717, 1.165) is 17.4 Å². The van der Waals surface area contributed by atoms with Crippen LogP contribution in [-0.4, -0.2) is 52.5 Å². The van der Waals surface area contributed by atoms with Crippen molar-refractivity contribution in [3.05, 3.63) is 79.7 Å². The summed E-state index contributed by atoms with van der Waals surface area (Å²) in [4.78, 5) is 43.3. The number of nitrogens with one attached hydrogen (secondary N) is 2. The summed E-state index contributed by atoms with van der Waals surface area (Å²) in [6.45, 7) is 1.52. The van der Waals surface area contributed by atoms with Crippen molar-refractivity contribution in [2.45, 2.75) is 11.8 Å². The maximum atomic E-state index is 12.1. The van der Waals surface area contributed by atoms with Gasteiger partial charge < -0.3 is 20.3 Å². The molecule has 2 heterocycles. The number of carboxylic acid groups (broad SMARTS) is 1. The Labute approximate surface area is 246 Å². The number of hydrogen-bond donors (Lipinski definition) is 4. The van der Waals surface area contributed by atoms with Crippen LogP contribution in [0.25, 0.3) is 0 Å². The molecule has 19 heteroatoms. The van der Waals surface area contributed by atoms with Crippen molar-refractivity contribution in [1.82, 2.24) is 19.7 Å². The number of carbonyl (C=O) groups excluding carboxylic acids is 1. The minimum absolute atomic E-state index is 0.0352. The molecule has 0 saturated heterocycles. The fraction of sp³-hybridized carbons (Fsp3) is 0.0870. The molecule has 4 aromatic rings. The number of methoxy groups -OCH3 is 1. The second-order valence-electron chi connectivity index (χ2n) is 7.65. The number of thiophene rings is 1. The lowest BCUT2D eigenvalue weighted by Crippen LogP contribution is -2.35. The van der Waals surface area contributed by atoms with Gasteiger partial charge in [0.2, 0.25) is 5.95 Å². The quantitative estimate of drug-likeness (QED) is 0.121. The minimum Gasteiger partial charge on any atom is -0.477 e. The number of sulfonamides is 1. The van der Waals surface area contributed by atoms with Crippen LogP contribution in [0.3, 0.4) is 0 Å². The van der Waals surface area contributed by atoms with E-state index >= 15 is 0 Å². The normalized spacial score (nSPS) is 10.5. The van der Waals surface area contributed by atoms with Gasteiger partial charge in [0.25, 0.3) is 15.7 Å². The van der Waals surface area contributed by atoms with Crippen LogP contribution in [0.4, 0.5) is 22.1 Å². The zero-order valence-corrected chi connectivity index (χ0v) is 23.9. The molecule has 0 aliphatic carbocycles. The standard InChI is InChI=1S/C12H9ClN2O3.C11H11N5O6S2/c13-11-10(18-8-4-2-1-3-5-8)7-6-9(12(11)14)15(16)17;1-5-12-9(15-11(13-5)22-2)14-10(19)16-24(20,21)6-3-4-23-7(6)8(17)18/h1-7H,14H2;3-4H,1-2H3,(H,17,18)(H2,12,13,14,15,16,19). The van der Waals surface area contributed by atoms with Gasteiger partial charge in [0.05, 0.1) is 12.0 Å². The highest BCUT2D eigenvalue weighted by Crippen LogP contribution is 2.38. The molecule has 4 rings (SSSR count). The first kappa shape index (κ1) is 31.5. The number of nitro groups is 1. The maximum absolute atomic E-state index is 12.1. The van der Waals surface area contributed by atoms with E-state index in [1.165, 1.54) is 31.5 Å². The average molecular weight is 638 g/mol. The second-order valence-corrected chi connectivity index (χ2v) is 10.6. The summed E-state index contributed by atoms with van der Waals surface area (Å²) in [5.41, 5.74) is 5.25. The van der Waals surface area contributed by atoms with E-state index in [-0.39, 0.29) is 39.9 Å². The van der Waals surface area contributed by atoms with Crippen LogP contribution in [0.1, 0.15) is 15.5 Å². The number of halogens is 1. The Balaban J connectivity index is 0.000000240. The summed E-state index contributed by atoms with van der Waals surface area (Å²) >= 11 is 6.66. The number of aromatic carboxylic acids is 1. The number of nitrogens with zero attached hydrogens (tertiary/aromatic N) is 4. The third kappa shape index (κ3) is 7.99. The molecular formula is C23H20ClN7O9S2. The number of amides is 2. The van der Waals surface area contributed by atoms with Crippen molar-refractivity contribution in [2.24, 2.45) is 0 Å². The highest BCUT2D eigenvalue weighted by Gasteiger charge is 2.26. The summed E-state index contributed by atoms with van der Waals surface area (Å²) < 4.78 is 36.2. The number of carboxylic acids is 1. The smallest absolute Gasteiger partial charge is 0.347 e. The number of ether oxygens (including phenoxy) is 2. The van der Waals surface area contributed by atoms with E-state index in [1.54, 1.807) is 29.0 Å². The van der Waals surface area contributed by atoms with Gasteiger partial charge in [-0.2, -0.15) is 15.0 Å². The number of nitro benzene ring substituents is 1. The molecule has 0 aliphatic heterocycles. The molecule has 0 saturated carbocycles. The third-order valence-corrected chi connectivity index (χ3v) is 7.56. The Morgan fingerprint density at radius 2 is 1.81 bits per heavy atom. The van der Waals surface area contributed by atoms with Gasteiger partial charge in [-0.05, 0) is 36.6 Å². The van der Waals surface area contributed by atoms with E-state index in [2.05, 4.69) is 20.3 Å². The van der Waals surface area contributed by atoms with Crippen LogP contribution in [0.5, 0.6) is 17.5 Å². The highest BCUT2D eigenvalue weighted by molar-refractivity contribution is 7.90. The molecule has 0 spiro atoms. The SMILES string of the molecule is COc1nc(C)nc(NC(=O)NS(=O)(=O)c2ccsc2C(=O)O)n1.Nc1c([N+](=O)[O-])ccc(Oc2ccccc2)c1Cl. The minimum atomic E-state index is -4.37. The third-order valence-electron chi connectivity index (χ3n) is 4.76. The number of urea groups is 1. The van der Waals surface area contributed by atoms with Crippen LogP contribution in [0.15, 0.2) is 58.8 Å². The van der Waals surface area contributed by atoms with Crippen LogP contribution in [0.2, 0.25) is 5.02 Å². The van der Waals surface area contributed by atoms with Crippen LogP contribution in [0, 0.1) is 17.0 Å². The lowest BCUT2D eigenvalue weighted by molar-refractivity contribution is -0.383. The van der Waals surface area contributed by atoms with Crippen LogP contribution >= 0.6 is 22.9 Å². The molecule has 2 amide bonds. The van der Waals surface area contributed by atoms with Crippen LogP contribution in [-0.2, 0) is 10.0 Å². The lowest BCUT2D eigenvalue weighted by atomic mass is 10.2. The van der Waals surface area contributed by atoms with Crippen molar-refractivity contribution < 1.29 is 37.5 Å². The molecule has 0 fully saturated rings. The molecule has 16 nitrogen and oxygen atoms in total. The van der Waals surface area contributed by atoms with Gasteiger partial charge in [0, 0.05) is 6.07 Å². The van der Waals surface area contributed by atoms with E-state index in [0.29, 0.717) is 5.75 Å². The average Bonchev–Trinajstić information content (AvgIpc) is 3.43. The fourth-order valence-corrected chi connectivity index (χ4v) is 5.36. The largest absolute Gasteiger partial charge is 0.477 e. The molecule has 220 valence electrons. The van der Waals surface area contributed by atoms with Crippen LogP contribution < -0.4 is 25.2 Å². The van der Waals surface area contributed by atoms with Gasteiger partial charge in [-0.15, -0.1) is 11.3 Å². The Kier molecular flexibility index (Phi) is 10.1. The van der Waals surface area contributed by atoms with Gasteiger partial charge in [0.1, 0.15) is 37.8 Å². The van der Waals surface area contributed by atoms with Gasteiger partial charge >= 0.3 is 18.0 Å². The topological polar surface area (TPSA) is 239 Å². The number of anilines is 2. The number of aryl methyl sites for hydroxylation is 1. The first-order chi connectivity index (χ1) is 19.8. The van der Waals surface area contributed by atoms with Crippen molar-refractivity contribution in [2.75, 3.05) is 18.2 Å². The summed E-state index contributed by atoms with van der Waals surface area (Å²) in [7, 11) is -3.06. The number of hydrogen-bond acceptors (Lipinski definition) is 13. The van der Waals surface area contributed by atoms with Gasteiger partial charge in [-0.1, -0.05) is 29.8 Å². The van der Waals surface area contributed by atoms with Crippen molar-refractivity contribution >= 4 is 62.3 Å². The molecule has 0 unspecified atom stereocenters. The zero-order chi connectivity index (χ0) is 31.0. The summed E-state index contributed by atoms with van der Waals surface area (Å²) in [6, 6.07) is 11.5. The Bertz CT molecular complexity index is 1740. The molecule has 0 atom stereocenters. The van der Waals surface area contributed by atoms with E-state index in [9.17, 15) is 28.1 Å². The van der Waals surface area contributed by atoms with Gasteiger partial charge in [0.15, 0.2) is 0 Å². The van der Waals surface area contributed by atoms with Crippen molar-refractivity contribution in [3.8, 4) is 17.5 Å². The number of nitrogens with two attached hydrogens (primary N) is 1. The molecule has 5 N–H and O–H groups in total. The molecule has 42 heavy (non-hydrogen) atoms. The summed E-state index contributed by atoms with van der Waals surface area (Å²) in [5, 5.41) is 23.1. The molecule has 2 aromatic carbocycles. The summed E-state index contributed by atoms with van der Waals surface area (Å²) in [5.74, 6) is -0.538. The van der Waals surface area contributed by atoms with Gasteiger partial charge in [-0.25, -0.2) is 22.7 Å². The number of benzene rings is 2. The maximum Gasteiger partial charge on any atom is 0.347 e. The Morgan fingerprint density at radius 1 is 1.12 bits per heavy atom. The van der Waals surface area contributed by atoms with Crippen molar-refractivity contribution in [3.63, 3.8) is 0 Å². The molecule has 0 aliphatic rings. The van der Waals surface area contributed by atoms with E-state index < -0.39 is 36.7 Å². The van der Waals surface area contributed by atoms with E-state index in [4.69, 9.17) is 31.9 Å². The lowest BCUT2D eigenvalue weighted by Gasteiger charge is -2.08. The van der Waals surface area contributed by atoms with Gasteiger partial charge in [-0.3, -0.25) is 15.4 Å². The highest BCUT2D eigenvalue weighted by atomic mass is 35.5. The number of aromatic nitrogens is 3. The molecule has 0 bridgehead atoms. The predicted molar refractivity (Wildman–Crippen MR) is 151 cm³/mol. The molecular weight excluding hydrogens is 618 g/mol.